The summed E-state index contributed by atoms with van der Waals surface area (Å²) < 4.78 is 6.75. The minimum Gasteiger partial charge on any atom is -0.456 e. The number of rotatable bonds is 7. The van der Waals surface area contributed by atoms with Crippen LogP contribution in [-0.2, 0) is 10.8 Å². The molecule has 0 amide bonds. The Morgan fingerprint density at radius 2 is 0.724 bits per heavy atom. The van der Waals surface area contributed by atoms with Crippen molar-refractivity contribution in [3.05, 3.63) is 330 Å². The zero-order chi connectivity index (χ0) is 50.0. The summed E-state index contributed by atoms with van der Waals surface area (Å²) in [6.45, 7) is 0. The highest BCUT2D eigenvalue weighted by Crippen LogP contribution is 2.65. The largest absolute Gasteiger partial charge is 0.456 e. The van der Waals surface area contributed by atoms with E-state index in [9.17, 15) is 0 Å². The van der Waals surface area contributed by atoms with E-state index in [2.05, 4.69) is 290 Å². The highest BCUT2D eigenvalue weighted by molar-refractivity contribution is 6.14. The molecule has 16 rings (SSSR count). The standard InChI is InChI=1S/C74H47NO/c1-3-21-48(22-4-1)50-25-17-27-52(45-50)73(53-28-18-26-51(46-53)49-23-5-2-6-24-49)61-34-12-7-31-57(61)58-44-43-54(47-66(58)73)75(68-40-20-42-70-72(68)60-33-11-16-41-69(60)76-70)67-39-19-38-65-71(67)59-32-10-15-37-64(59)74(65)62-35-13-8-29-55(62)56-30-9-14-36-63(56)74/h1-47H. The van der Waals surface area contributed by atoms with E-state index in [1.165, 1.54) is 100 Å². The predicted octanol–water partition coefficient (Wildman–Crippen LogP) is 19.1. The van der Waals surface area contributed by atoms with E-state index >= 15 is 0 Å². The Labute approximate surface area is 442 Å². The molecular weight excluding hydrogens is 919 g/mol. The van der Waals surface area contributed by atoms with Gasteiger partial charge in [-0.25, -0.2) is 0 Å². The van der Waals surface area contributed by atoms with E-state index in [1.807, 2.05) is 0 Å². The SMILES string of the molecule is c1ccc(-c2cccc(C3(c4cccc(-c5ccccc5)c4)c4ccccc4-c4ccc(N(c5cccc6c5-c5ccccc5C65c6ccccc6-c6ccccc65)c5cccc6oc7ccccc7c56)cc43)c2)cc1. The zero-order valence-electron chi connectivity index (χ0n) is 41.5. The summed E-state index contributed by atoms with van der Waals surface area (Å²) in [4.78, 5) is 2.56. The predicted molar refractivity (Wildman–Crippen MR) is 313 cm³/mol. The molecule has 0 saturated carbocycles. The van der Waals surface area contributed by atoms with Gasteiger partial charge >= 0.3 is 0 Å². The lowest BCUT2D eigenvalue weighted by atomic mass is 9.67. The van der Waals surface area contributed by atoms with E-state index < -0.39 is 10.8 Å². The molecule has 13 aromatic rings. The number of nitrogens with zero attached hydrogens (tertiary/aromatic N) is 1. The maximum Gasteiger partial charge on any atom is 0.137 e. The van der Waals surface area contributed by atoms with Gasteiger partial charge in [0.05, 0.1) is 27.6 Å². The summed E-state index contributed by atoms with van der Waals surface area (Å²) >= 11 is 0. The molecular formula is C74H47NO. The molecule has 1 spiro atoms. The van der Waals surface area contributed by atoms with E-state index in [1.54, 1.807) is 0 Å². The van der Waals surface area contributed by atoms with Gasteiger partial charge in [0, 0.05) is 16.6 Å². The third-order valence-electron chi connectivity index (χ3n) is 17.0. The number of hydrogen-bond acceptors (Lipinski definition) is 2. The van der Waals surface area contributed by atoms with Crippen molar-refractivity contribution in [2.24, 2.45) is 0 Å². The number of benzene rings is 12. The molecule has 3 aliphatic rings. The van der Waals surface area contributed by atoms with Gasteiger partial charge in [-0.15, -0.1) is 0 Å². The third-order valence-corrected chi connectivity index (χ3v) is 17.0. The van der Waals surface area contributed by atoms with Gasteiger partial charge in [0.25, 0.3) is 0 Å². The molecule has 76 heavy (non-hydrogen) atoms. The highest BCUT2D eigenvalue weighted by atomic mass is 16.3. The molecule has 0 N–H and O–H groups in total. The Kier molecular flexibility index (Phi) is 9.20. The number of para-hydroxylation sites is 1. The molecule has 0 atom stereocenters. The Morgan fingerprint density at radius 3 is 1.36 bits per heavy atom. The van der Waals surface area contributed by atoms with E-state index in [0.717, 1.165) is 39.0 Å². The molecule has 1 heterocycles. The molecule has 2 heteroatoms. The van der Waals surface area contributed by atoms with Gasteiger partial charge in [0.1, 0.15) is 11.2 Å². The van der Waals surface area contributed by atoms with Crippen LogP contribution in [0.25, 0.3) is 77.6 Å². The first-order valence-corrected chi connectivity index (χ1v) is 26.4. The molecule has 354 valence electrons. The molecule has 1 aromatic heterocycles. The number of hydrogen-bond donors (Lipinski definition) is 0. The third kappa shape index (κ3) is 5.81. The van der Waals surface area contributed by atoms with Gasteiger partial charge < -0.3 is 9.32 Å². The van der Waals surface area contributed by atoms with E-state index in [-0.39, 0.29) is 0 Å². The van der Waals surface area contributed by atoms with Crippen LogP contribution in [0, 0.1) is 0 Å². The summed E-state index contributed by atoms with van der Waals surface area (Å²) in [5.41, 5.74) is 26.1. The van der Waals surface area contributed by atoms with Crippen LogP contribution in [0.4, 0.5) is 17.1 Å². The van der Waals surface area contributed by atoms with Gasteiger partial charge in [0.2, 0.25) is 0 Å². The lowest BCUT2D eigenvalue weighted by Gasteiger charge is -2.36. The molecule has 0 aliphatic heterocycles. The van der Waals surface area contributed by atoms with E-state index in [0.29, 0.717) is 0 Å². The number of fused-ring (bicyclic) bond motifs is 16. The van der Waals surface area contributed by atoms with Crippen LogP contribution in [0.2, 0.25) is 0 Å². The Balaban J connectivity index is 1.02. The van der Waals surface area contributed by atoms with Gasteiger partial charge in [-0.2, -0.15) is 0 Å². The van der Waals surface area contributed by atoms with Crippen LogP contribution in [-0.4, -0.2) is 0 Å². The second-order valence-electron chi connectivity index (χ2n) is 20.6. The smallest absolute Gasteiger partial charge is 0.137 e. The summed E-state index contributed by atoms with van der Waals surface area (Å²) in [5.74, 6) is 0. The van der Waals surface area contributed by atoms with E-state index in [4.69, 9.17) is 4.42 Å². The molecule has 0 bridgehead atoms. The second-order valence-corrected chi connectivity index (χ2v) is 20.6. The van der Waals surface area contributed by atoms with Gasteiger partial charge in [-0.05, 0) is 143 Å². The van der Waals surface area contributed by atoms with Crippen LogP contribution in [0.1, 0.15) is 44.5 Å². The summed E-state index contributed by atoms with van der Waals surface area (Å²) in [7, 11) is 0. The summed E-state index contributed by atoms with van der Waals surface area (Å²) in [6, 6.07) is 106. The van der Waals surface area contributed by atoms with Crippen LogP contribution in [0.15, 0.2) is 290 Å². The van der Waals surface area contributed by atoms with Gasteiger partial charge in [-0.3, -0.25) is 0 Å². The lowest BCUT2D eigenvalue weighted by Crippen LogP contribution is -2.29. The molecule has 0 fully saturated rings. The second kappa shape index (κ2) is 16.4. The summed E-state index contributed by atoms with van der Waals surface area (Å²) in [5, 5.41) is 2.16. The fourth-order valence-corrected chi connectivity index (χ4v) is 14.0. The minimum atomic E-state index is -0.718. The van der Waals surface area contributed by atoms with Crippen LogP contribution in [0.3, 0.4) is 0 Å². The average molecular weight is 966 g/mol. The quantitative estimate of drug-likeness (QED) is 0.158. The fourth-order valence-electron chi connectivity index (χ4n) is 14.0. The summed E-state index contributed by atoms with van der Waals surface area (Å²) in [6.07, 6.45) is 0. The van der Waals surface area contributed by atoms with Crippen LogP contribution >= 0.6 is 0 Å². The van der Waals surface area contributed by atoms with Crippen molar-refractivity contribution in [3.63, 3.8) is 0 Å². The molecule has 0 saturated heterocycles. The minimum absolute atomic E-state index is 0.516. The Hall–Kier alpha value is -9.76. The average Bonchev–Trinajstić information content (AvgIpc) is 4.40. The number of furan rings is 1. The van der Waals surface area contributed by atoms with Gasteiger partial charge in [-0.1, -0.05) is 237 Å². The lowest BCUT2D eigenvalue weighted by molar-refractivity contribution is 0.669. The van der Waals surface area contributed by atoms with Crippen molar-refractivity contribution in [2.75, 3.05) is 4.90 Å². The first kappa shape index (κ1) is 42.7. The normalized spacial score (nSPS) is 13.7. The van der Waals surface area contributed by atoms with Crippen molar-refractivity contribution in [1.29, 1.82) is 0 Å². The fraction of sp³-hybridized carbons (Fsp3) is 0.0270. The van der Waals surface area contributed by atoms with Gasteiger partial charge in [0.15, 0.2) is 0 Å². The first-order chi connectivity index (χ1) is 37.7. The monoisotopic (exact) mass is 965 g/mol. The van der Waals surface area contributed by atoms with Crippen molar-refractivity contribution in [3.8, 4) is 55.6 Å². The number of anilines is 3. The maximum absolute atomic E-state index is 6.75. The Morgan fingerprint density at radius 1 is 0.276 bits per heavy atom. The highest BCUT2D eigenvalue weighted by Gasteiger charge is 2.53. The molecule has 0 radical (unpaired) electrons. The molecule has 0 unspecified atom stereocenters. The maximum atomic E-state index is 6.75. The molecule has 3 aliphatic carbocycles. The van der Waals surface area contributed by atoms with Crippen molar-refractivity contribution < 1.29 is 4.42 Å². The van der Waals surface area contributed by atoms with Crippen LogP contribution < -0.4 is 4.90 Å². The topological polar surface area (TPSA) is 16.4 Å². The van der Waals surface area contributed by atoms with Crippen LogP contribution in [0.5, 0.6) is 0 Å². The zero-order valence-corrected chi connectivity index (χ0v) is 41.5. The van der Waals surface area contributed by atoms with Crippen molar-refractivity contribution in [1.82, 2.24) is 0 Å². The molecule has 12 aromatic carbocycles. The van der Waals surface area contributed by atoms with Crippen molar-refractivity contribution >= 4 is 39.0 Å². The Bertz CT molecular complexity index is 4360. The molecule has 2 nitrogen and oxygen atoms in total. The van der Waals surface area contributed by atoms with Crippen molar-refractivity contribution in [2.45, 2.75) is 10.8 Å². The first-order valence-electron chi connectivity index (χ1n) is 26.4.